The molecule has 1 aromatic carbocycles. The van der Waals surface area contributed by atoms with Crippen LogP contribution in [0.4, 0.5) is 4.39 Å². The van der Waals surface area contributed by atoms with Gasteiger partial charge in [0.1, 0.15) is 11.2 Å². The molecule has 2 amide bonds. The standard InChI is InChI=1S/C16H19FN2O2S/c17-13-6-2-1-5-12(13)16-19(15(21)11-22-16)10-7-14(20)18-8-3-4-9-18/h1-2,5-6,16H,3-4,7-11H2/t16-/m0/s1. The minimum Gasteiger partial charge on any atom is -0.343 e. The molecule has 2 aliphatic rings. The molecule has 0 N–H and O–H groups in total. The van der Waals surface area contributed by atoms with Crippen molar-refractivity contribution in [1.29, 1.82) is 0 Å². The Labute approximate surface area is 133 Å². The Kier molecular flexibility index (Phi) is 4.66. The lowest BCUT2D eigenvalue weighted by Crippen LogP contribution is -2.35. The average Bonchev–Trinajstić information content (AvgIpc) is 3.16. The summed E-state index contributed by atoms with van der Waals surface area (Å²) >= 11 is 1.42. The Balaban J connectivity index is 1.66. The summed E-state index contributed by atoms with van der Waals surface area (Å²) in [6.07, 6.45) is 2.43. The monoisotopic (exact) mass is 322 g/mol. The fraction of sp³-hybridized carbons (Fsp3) is 0.500. The highest BCUT2D eigenvalue weighted by molar-refractivity contribution is 8.00. The molecule has 22 heavy (non-hydrogen) atoms. The molecule has 0 radical (unpaired) electrons. The van der Waals surface area contributed by atoms with E-state index in [4.69, 9.17) is 0 Å². The maximum absolute atomic E-state index is 14.0. The Hall–Kier alpha value is -1.56. The van der Waals surface area contributed by atoms with Crippen LogP contribution < -0.4 is 0 Å². The van der Waals surface area contributed by atoms with E-state index in [9.17, 15) is 14.0 Å². The molecule has 2 saturated heterocycles. The fourth-order valence-electron chi connectivity index (χ4n) is 2.97. The van der Waals surface area contributed by atoms with Crippen LogP contribution in [-0.4, -0.2) is 47.0 Å². The van der Waals surface area contributed by atoms with Crippen LogP contribution in [0.5, 0.6) is 0 Å². The van der Waals surface area contributed by atoms with Gasteiger partial charge in [0.2, 0.25) is 11.8 Å². The van der Waals surface area contributed by atoms with Crippen molar-refractivity contribution >= 4 is 23.6 Å². The van der Waals surface area contributed by atoms with E-state index >= 15 is 0 Å². The summed E-state index contributed by atoms with van der Waals surface area (Å²) < 4.78 is 14.0. The fourth-order valence-corrected chi connectivity index (χ4v) is 4.21. The van der Waals surface area contributed by atoms with Crippen molar-refractivity contribution in [3.63, 3.8) is 0 Å². The van der Waals surface area contributed by atoms with Crippen LogP contribution in [-0.2, 0) is 9.59 Å². The Morgan fingerprint density at radius 2 is 2.00 bits per heavy atom. The van der Waals surface area contributed by atoms with Gasteiger partial charge < -0.3 is 9.80 Å². The van der Waals surface area contributed by atoms with Gasteiger partial charge in [-0.05, 0) is 18.9 Å². The van der Waals surface area contributed by atoms with Crippen LogP contribution in [0, 0.1) is 5.82 Å². The van der Waals surface area contributed by atoms with Crippen LogP contribution in [0.3, 0.4) is 0 Å². The molecule has 3 rings (SSSR count). The minimum absolute atomic E-state index is 0.0209. The third kappa shape index (κ3) is 3.11. The molecule has 6 heteroatoms. The van der Waals surface area contributed by atoms with E-state index in [0.29, 0.717) is 24.3 Å². The molecule has 1 atom stereocenters. The highest BCUT2D eigenvalue weighted by Crippen LogP contribution is 2.39. The van der Waals surface area contributed by atoms with Crippen molar-refractivity contribution in [1.82, 2.24) is 9.80 Å². The second-order valence-electron chi connectivity index (χ2n) is 5.61. The van der Waals surface area contributed by atoms with Crippen LogP contribution >= 0.6 is 11.8 Å². The van der Waals surface area contributed by atoms with Gasteiger partial charge in [0.15, 0.2) is 0 Å². The van der Waals surface area contributed by atoms with Gasteiger partial charge in [0, 0.05) is 31.6 Å². The molecular weight excluding hydrogens is 303 g/mol. The minimum atomic E-state index is -0.319. The van der Waals surface area contributed by atoms with Gasteiger partial charge in [-0.2, -0.15) is 0 Å². The Bertz CT molecular complexity index is 575. The van der Waals surface area contributed by atoms with Crippen LogP contribution in [0.25, 0.3) is 0 Å². The number of carbonyl (C=O) groups excluding carboxylic acids is 2. The number of carbonyl (C=O) groups is 2. The van der Waals surface area contributed by atoms with Crippen molar-refractivity contribution in [2.45, 2.75) is 24.6 Å². The lowest BCUT2D eigenvalue weighted by Gasteiger charge is -2.25. The number of likely N-dealkylation sites (tertiary alicyclic amines) is 1. The predicted molar refractivity (Wildman–Crippen MR) is 83.7 cm³/mol. The first-order valence-corrected chi connectivity index (χ1v) is 8.65. The number of hydrogen-bond acceptors (Lipinski definition) is 3. The molecule has 118 valence electrons. The molecule has 1 aromatic rings. The Morgan fingerprint density at radius 1 is 1.27 bits per heavy atom. The van der Waals surface area contributed by atoms with E-state index in [1.54, 1.807) is 23.1 Å². The molecule has 2 aliphatic heterocycles. The van der Waals surface area contributed by atoms with E-state index in [1.165, 1.54) is 17.8 Å². The van der Waals surface area contributed by atoms with E-state index in [0.717, 1.165) is 25.9 Å². The molecule has 0 aliphatic carbocycles. The first-order valence-electron chi connectivity index (χ1n) is 7.60. The maximum atomic E-state index is 14.0. The zero-order valence-electron chi connectivity index (χ0n) is 12.3. The summed E-state index contributed by atoms with van der Waals surface area (Å²) in [6.45, 7) is 2.00. The average molecular weight is 322 g/mol. The van der Waals surface area contributed by atoms with Gasteiger partial charge in [-0.3, -0.25) is 9.59 Å². The smallest absolute Gasteiger partial charge is 0.233 e. The summed E-state index contributed by atoms with van der Waals surface area (Å²) in [5, 5.41) is -0.319. The second kappa shape index (κ2) is 6.69. The van der Waals surface area contributed by atoms with E-state index in [-0.39, 0.29) is 23.0 Å². The molecule has 2 heterocycles. The van der Waals surface area contributed by atoms with Gasteiger partial charge in [-0.15, -0.1) is 11.8 Å². The van der Waals surface area contributed by atoms with E-state index < -0.39 is 0 Å². The lowest BCUT2D eigenvalue weighted by atomic mass is 10.2. The quantitative estimate of drug-likeness (QED) is 0.855. The van der Waals surface area contributed by atoms with Gasteiger partial charge in [-0.1, -0.05) is 18.2 Å². The molecule has 0 saturated carbocycles. The topological polar surface area (TPSA) is 40.6 Å². The summed E-state index contributed by atoms with van der Waals surface area (Å²) in [7, 11) is 0. The van der Waals surface area contributed by atoms with E-state index in [2.05, 4.69) is 0 Å². The largest absolute Gasteiger partial charge is 0.343 e. The number of thioether (sulfide) groups is 1. The van der Waals surface area contributed by atoms with Crippen LogP contribution in [0.2, 0.25) is 0 Å². The molecule has 0 unspecified atom stereocenters. The van der Waals surface area contributed by atoms with Crippen molar-refractivity contribution in [3.8, 4) is 0 Å². The lowest BCUT2D eigenvalue weighted by molar-refractivity contribution is -0.132. The van der Waals surface area contributed by atoms with Gasteiger partial charge >= 0.3 is 0 Å². The first-order chi connectivity index (χ1) is 10.7. The number of hydrogen-bond donors (Lipinski definition) is 0. The third-order valence-corrected chi connectivity index (χ3v) is 5.40. The Morgan fingerprint density at radius 3 is 2.73 bits per heavy atom. The molecule has 0 aromatic heterocycles. The van der Waals surface area contributed by atoms with Crippen molar-refractivity contribution in [2.24, 2.45) is 0 Å². The van der Waals surface area contributed by atoms with E-state index in [1.807, 2.05) is 4.90 Å². The molecule has 0 spiro atoms. The first kappa shape index (κ1) is 15.3. The number of benzene rings is 1. The zero-order chi connectivity index (χ0) is 15.5. The molecule has 0 bridgehead atoms. The summed E-state index contributed by atoms with van der Waals surface area (Å²) in [5.74, 6) is 0.115. The second-order valence-corrected chi connectivity index (χ2v) is 6.68. The summed E-state index contributed by atoms with van der Waals surface area (Å²) in [5.41, 5.74) is 0.520. The van der Waals surface area contributed by atoms with Gasteiger partial charge in [0.25, 0.3) is 0 Å². The maximum Gasteiger partial charge on any atom is 0.233 e. The molecule has 2 fully saturated rings. The normalized spacial score (nSPS) is 21.7. The number of amides is 2. The predicted octanol–water partition coefficient (Wildman–Crippen LogP) is 2.41. The molecule has 4 nitrogen and oxygen atoms in total. The van der Waals surface area contributed by atoms with Gasteiger partial charge in [0.05, 0.1) is 5.75 Å². The van der Waals surface area contributed by atoms with Crippen molar-refractivity contribution < 1.29 is 14.0 Å². The highest BCUT2D eigenvalue weighted by atomic mass is 32.2. The molecular formula is C16H19FN2O2S. The van der Waals surface area contributed by atoms with Gasteiger partial charge in [-0.25, -0.2) is 4.39 Å². The van der Waals surface area contributed by atoms with Crippen LogP contribution in [0.15, 0.2) is 24.3 Å². The van der Waals surface area contributed by atoms with Crippen molar-refractivity contribution in [3.05, 3.63) is 35.6 Å². The highest BCUT2D eigenvalue weighted by Gasteiger charge is 2.34. The zero-order valence-corrected chi connectivity index (χ0v) is 13.2. The summed E-state index contributed by atoms with van der Waals surface area (Å²) in [4.78, 5) is 27.7. The van der Waals surface area contributed by atoms with Crippen LogP contribution in [0.1, 0.15) is 30.2 Å². The number of halogens is 1. The SMILES string of the molecule is O=C(CCN1C(=O)CS[C@H]1c1ccccc1F)N1CCCC1. The van der Waals surface area contributed by atoms with Crippen molar-refractivity contribution in [2.75, 3.05) is 25.4 Å². The third-order valence-electron chi connectivity index (χ3n) is 4.16. The number of rotatable bonds is 4. The summed E-state index contributed by atoms with van der Waals surface area (Å²) in [6, 6.07) is 6.53. The number of nitrogens with zero attached hydrogens (tertiary/aromatic N) is 2.